The average molecular weight is 264 g/mol. The van der Waals surface area contributed by atoms with Crippen LogP contribution >= 0.6 is 11.8 Å². The highest BCUT2D eigenvalue weighted by Crippen LogP contribution is 2.32. The second-order valence-electron chi connectivity index (χ2n) is 4.65. The predicted molar refractivity (Wildman–Crippen MR) is 73.1 cm³/mol. The Hall–Kier alpha value is -1.04. The van der Waals surface area contributed by atoms with Gasteiger partial charge < -0.3 is 15.1 Å². The van der Waals surface area contributed by atoms with Crippen LogP contribution in [0.4, 0.5) is 5.69 Å². The van der Waals surface area contributed by atoms with E-state index < -0.39 is 12.2 Å². The van der Waals surface area contributed by atoms with Gasteiger partial charge in [0.2, 0.25) is 0 Å². The normalized spacial score (nSPS) is 33.8. The maximum absolute atomic E-state index is 9.97. The Morgan fingerprint density at radius 2 is 2.00 bits per heavy atom. The first kappa shape index (κ1) is 12.0. The van der Waals surface area contributed by atoms with Crippen LogP contribution in [0.5, 0.6) is 0 Å². The molecule has 3 atom stereocenters. The van der Waals surface area contributed by atoms with Crippen molar-refractivity contribution in [1.29, 1.82) is 0 Å². The lowest BCUT2D eigenvalue weighted by Gasteiger charge is -2.37. The topological polar surface area (TPSA) is 56.1 Å². The molecule has 2 N–H and O–H groups in total. The van der Waals surface area contributed by atoms with E-state index in [1.165, 1.54) is 0 Å². The Morgan fingerprint density at radius 3 is 2.78 bits per heavy atom. The molecule has 2 fully saturated rings. The lowest BCUT2D eigenvalue weighted by atomic mass is 9.98. The molecular weight excluding hydrogens is 248 g/mol. The van der Waals surface area contributed by atoms with Gasteiger partial charge >= 0.3 is 0 Å². The standard InChI is InChI=1S/C13H16N2O2S/c16-11-6-7-15-10(12(11)17)8-18-13(15)14-9-4-2-1-3-5-9/h1-5,10-12,16-17H,6-8H2/t10-,11-,12-/m1/s1. The minimum Gasteiger partial charge on any atom is -0.390 e. The third-order valence-electron chi connectivity index (χ3n) is 3.46. The maximum atomic E-state index is 9.97. The summed E-state index contributed by atoms with van der Waals surface area (Å²) >= 11 is 1.65. The zero-order valence-electron chi connectivity index (χ0n) is 9.94. The molecule has 2 heterocycles. The molecule has 2 saturated heterocycles. The molecule has 18 heavy (non-hydrogen) atoms. The van der Waals surface area contributed by atoms with E-state index in [9.17, 15) is 10.2 Å². The number of aliphatic hydroxyl groups is 2. The van der Waals surface area contributed by atoms with Crippen LogP contribution in [0.3, 0.4) is 0 Å². The molecule has 4 nitrogen and oxygen atoms in total. The molecule has 0 aromatic heterocycles. The van der Waals surface area contributed by atoms with Crippen LogP contribution in [0, 0.1) is 0 Å². The summed E-state index contributed by atoms with van der Waals surface area (Å²) in [6.07, 6.45) is -0.649. The SMILES string of the molecule is O[C@H]1[C@H](O)CCN2C(=Nc3ccccc3)SC[C@H]12. The molecule has 0 spiro atoms. The summed E-state index contributed by atoms with van der Waals surface area (Å²) in [6.45, 7) is 0.765. The number of para-hydroxylation sites is 1. The molecule has 2 aliphatic rings. The Labute approximate surface area is 110 Å². The number of benzene rings is 1. The Balaban J connectivity index is 1.82. The number of aliphatic imine (C=N–C) groups is 1. The molecule has 96 valence electrons. The highest BCUT2D eigenvalue weighted by atomic mass is 32.2. The van der Waals surface area contributed by atoms with Gasteiger partial charge in [0.05, 0.1) is 17.8 Å². The van der Waals surface area contributed by atoms with E-state index in [4.69, 9.17) is 0 Å². The lowest BCUT2D eigenvalue weighted by molar-refractivity contribution is -0.0470. The van der Waals surface area contributed by atoms with Gasteiger partial charge in [-0.15, -0.1) is 0 Å². The van der Waals surface area contributed by atoms with Crippen LogP contribution in [0.15, 0.2) is 35.3 Å². The Kier molecular flexibility index (Phi) is 3.28. The van der Waals surface area contributed by atoms with Crippen molar-refractivity contribution in [3.8, 4) is 0 Å². The number of piperidine rings is 1. The van der Waals surface area contributed by atoms with E-state index in [1.54, 1.807) is 11.8 Å². The Bertz CT molecular complexity index is 452. The van der Waals surface area contributed by atoms with E-state index in [0.717, 1.165) is 23.2 Å². The zero-order chi connectivity index (χ0) is 12.5. The second kappa shape index (κ2) is 4.91. The van der Waals surface area contributed by atoms with E-state index in [0.29, 0.717) is 6.42 Å². The second-order valence-corrected chi connectivity index (χ2v) is 5.64. The molecule has 5 heteroatoms. The fourth-order valence-corrected chi connectivity index (χ4v) is 3.69. The lowest BCUT2D eigenvalue weighted by Crippen LogP contribution is -2.53. The average Bonchev–Trinajstić information content (AvgIpc) is 2.79. The van der Waals surface area contributed by atoms with Gasteiger partial charge in [0.15, 0.2) is 5.17 Å². The summed E-state index contributed by atoms with van der Waals surface area (Å²) in [5, 5.41) is 20.6. The van der Waals surface area contributed by atoms with Gasteiger partial charge in [-0.25, -0.2) is 4.99 Å². The molecule has 1 aromatic carbocycles. The molecule has 0 saturated carbocycles. The first-order valence-electron chi connectivity index (χ1n) is 6.15. The van der Waals surface area contributed by atoms with Crippen molar-refractivity contribution in [3.05, 3.63) is 30.3 Å². The van der Waals surface area contributed by atoms with E-state index in [1.807, 2.05) is 30.3 Å². The van der Waals surface area contributed by atoms with Crippen LogP contribution in [0.1, 0.15) is 6.42 Å². The van der Waals surface area contributed by atoms with Crippen molar-refractivity contribution < 1.29 is 10.2 Å². The van der Waals surface area contributed by atoms with Crippen molar-refractivity contribution in [2.24, 2.45) is 4.99 Å². The highest BCUT2D eigenvalue weighted by molar-refractivity contribution is 8.14. The summed E-state index contributed by atoms with van der Waals surface area (Å²) in [7, 11) is 0. The summed E-state index contributed by atoms with van der Waals surface area (Å²) in [5.41, 5.74) is 0.932. The number of fused-ring (bicyclic) bond motifs is 1. The van der Waals surface area contributed by atoms with Crippen LogP contribution in [-0.2, 0) is 0 Å². The van der Waals surface area contributed by atoms with E-state index in [-0.39, 0.29) is 6.04 Å². The van der Waals surface area contributed by atoms with Gasteiger partial charge in [0.1, 0.15) is 6.10 Å². The van der Waals surface area contributed by atoms with Gasteiger partial charge in [-0.05, 0) is 18.6 Å². The quantitative estimate of drug-likeness (QED) is 0.800. The van der Waals surface area contributed by atoms with Crippen molar-refractivity contribution >= 4 is 22.6 Å². The van der Waals surface area contributed by atoms with Crippen molar-refractivity contribution in [2.45, 2.75) is 24.7 Å². The molecule has 1 aromatic rings. The largest absolute Gasteiger partial charge is 0.390 e. The minimum atomic E-state index is -0.658. The minimum absolute atomic E-state index is 0.00112. The fraction of sp³-hybridized carbons (Fsp3) is 0.462. The van der Waals surface area contributed by atoms with Gasteiger partial charge in [-0.2, -0.15) is 0 Å². The van der Waals surface area contributed by atoms with E-state index in [2.05, 4.69) is 9.89 Å². The van der Waals surface area contributed by atoms with Crippen molar-refractivity contribution in [2.75, 3.05) is 12.3 Å². The summed E-state index contributed by atoms with van der Waals surface area (Å²) in [5.74, 6) is 0.796. The monoisotopic (exact) mass is 264 g/mol. The number of rotatable bonds is 1. The number of amidine groups is 1. The molecule has 0 bridgehead atoms. The molecule has 3 rings (SSSR count). The molecule has 0 radical (unpaired) electrons. The van der Waals surface area contributed by atoms with Crippen molar-refractivity contribution in [3.63, 3.8) is 0 Å². The Morgan fingerprint density at radius 1 is 1.22 bits per heavy atom. The van der Waals surface area contributed by atoms with Gasteiger partial charge in [0, 0.05) is 12.3 Å². The molecule has 0 unspecified atom stereocenters. The zero-order valence-corrected chi connectivity index (χ0v) is 10.8. The fourth-order valence-electron chi connectivity index (χ4n) is 2.43. The number of thioether (sulfide) groups is 1. The van der Waals surface area contributed by atoms with Gasteiger partial charge in [-0.1, -0.05) is 30.0 Å². The van der Waals surface area contributed by atoms with Crippen LogP contribution in [0.25, 0.3) is 0 Å². The number of hydrogen-bond acceptors (Lipinski definition) is 4. The maximum Gasteiger partial charge on any atom is 0.164 e. The first-order valence-corrected chi connectivity index (χ1v) is 7.13. The smallest absolute Gasteiger partial charge is 0.164 e. The van der Waals surface area contributed by atoms with Crippen LogP contribution < -0.4 is 0 Å². The summed E-state index contributed by atoms with van der Waals surface area (Å²) < 4.78 is 0. The highest BCUT2D eigenvalue weighted by Gasteiger charge is 2.41. The van der Waals surface area contributed by atoms with Crippen LogP contribution in [0.2, 0.25) is 0 Å². The number of nitrogens with zero attached hydrogens (tertiary/aromatic N) is 2. The third-order valence-corrected chi connectivity index (χ3v) is 4.56. The first-order chi connectivity index (χ1) is 8.75. The third kappa shape index (κ3) is 2.13. The number of hydrogen-bond donors (Lipinski definition) is 2. The molecule has 2 aliphatic heterocycles. The number of aliphatic hydroxyl groups excluding tert-OH is 2. The van der Waals surface area contributed by atoms with Crippen LogP contribution in [-0.4, -0.2) is 50.8 Å². The molecule has 0 aliphatic carbocycles. The van der Waals surface area contributed by atoms with Crippen molar-refractivity contribution in [1.82, 2.24) is 4.90 Å². The van der Waals surface area contributed by atoms with Gasteiger partial charge in [0.25, 0.3) is 0 Å². The van der Waals surface area contributed by atoms with E-state index >= 15 is 0 Å². The predicted octanol–water partition coefficient (Wildman–Crippen LogP) is 1.22. The molecule has 0 amide bonds. The molecular formula is C13H16N2O2S. The summed E-state index contributed by atoms with van der Waals surface area (Å²) in [4.78, 5) is 6.73. The summed E-state index contributed by atoms with van der Waals surface area (Å²) in [6, 6.07) is 9.83. The van der Waals surface area contributed by atoms with Gasteiger partial charge in [-0.3, -0.25) is 0 Å².